The fraction of sp³-hybridized carbons (Fsp3) is 0.423. The zero-order valence-electron chi connectivity index (χ0n) is 21.1. The third kappa shape index (κ3) is 3.70. The van der Waals surface area contributed by atoms with Crippen molar-refractivity contribution in [2.75, 3.05) is 20.6 Å². The second kappa shape index (κ2) is 8.57. The minimum absolute atomic E-state index is 0.227. The van der Waals surface area contributed by atoms with Gasteiger partial charge in [0.2, 0.25) is 0 Å². The molecule has 0 spiro atoms. The largest absolute Gasteiger partial charge is 0.328 e. The van der Waals surface area contributed by atoms with Crippen molar-refractivity contribution in [2.45, 2.75) is 46.7 Å². The first-order valence-electron chi connectivity index (χ1n) is 12.0. The summed E-state index contributed by atoms with van der Waals surface area (Å²) < 4.78 is 3.89. The van der Waals surface area contributed by atoms with E-state index in [1.165, 1.54) is 4.90 Å². The summed E-state index contributed by atoms with van der Waals surface area (Å²) in [4.78, 5) is 39.7. The molecule has 35 heavy (non-hydrogen) atoms. The van der Waals surface area contributed by atoms with Gasteiger partial charge in [0.25, 0.3) is 11.8 Å². The van der Waals surface area contributed by atoms with Gasteiger partial charge in [0, 0.05) is 18.8 Å². The predicted molar refractivity (Wildman–Crippen MR) is 133 cm³/mol. The van der Waals surface area contributed by atoms with Gasteiger partial charge in [-0.3, -0.25) is 14.5 Å². The number of hydrogen-bond donors (Lipinski definition) is 0. The molecule has 1 aliphatic rings. The molecule has 1 unspecified atom stereocenters. The summed E-state index contributed by atoms with van der Waals surface area (Å²) in [6, 6.07) is 6.41. The number of aryl methyl sites for hydroxylation is 1. The van der Waals surface area contributed by atoms with E-state index >= 15 is 0 Å². The van der Waals surface area contributed by atoms with Crippen LogP contribution in [0.2, 0.25) is 0 Å². The molecule has 0 saturated heterocycles. The number of amides is 2. The highest BCUT2D eigenvalue weighted by Crippen LogP contribution is 2.35. The molecule has 0 N–H and O–H groups in total. The molecule has 4 aromatic rings. The third-order valence-electron chi connectivity index (χ3n) is 6.86. The van der Waals surface area contributed by atoms with Crippen molar-refractivity contribution in [1.29, 1.82) is 0 Å². The van der Waals surface area contributed by atoms with E-state index in [0.717, 1.165) is 35.4 Å². The first kappa shape index (κ1) is 23.2. The van der Waals surface area contributed by atoms with Gasteiger partial charge in [-0.05, 0) is 58.0 Å². The molecule has 0 fully saturated rings. The monoisotopic (exact) mass is 473 g/mol. The summed E-state index contributed by atoms with van der Waals surface area (Å²) in [5.74, 6) is 0.103. The number of likely N-dealkylation sites (N-methyl/N-ethyl adjacent to an activating group) is 1. The Morgan fingerprint density at radius 3 is 2.26 bits per heavy atom. The molecule has 1 atom stereocenters. The van der Waals surface area contributed by atoms with Crippen LogP contribution in [0, 0.1) is 19.8 Å². The van der Waals surface area contributed by atoms with Gasteiger partial charge in [-0.25, -0.2) is 14.5 Å². The Hall–Kier alpha value is -3.59. The van der Waals surface area contributed by atoms with Crippen molar-refractivity contribution >= 4 is 28.5 Å². The molecule has 5 rings (SSSR count). The van der Waals surface area contributed by atoms with Gasteiger partial charge >= 0.3 is 0 Å². The molecule has 0 radical (unpaired) electrons. The van der Waals surface area contributed by atoms with Gasteiger partial charge in [-0.2, -0.15) is 0 Å². The SMILES string of the molecule is Cc1c(C)n(CCN(C)C)c2ncn3nc(C(CC(C)C)N4C(=O)c5ccccc5C4=O)nc3c12. The van der Waals surface area contributed by atoms with Crippen molar-refractivity contribution in [1.82, 2.24) is 33.9 Å². The van der Waals surface area contributed by atoms with Gasteiger partial charge in [0.1, 0.15) is 18.0 Å². The summed E-state index contributed by atoms with van der Waals surface area (Å²) in [7, 11) is 4.11. The lowest BCUT2D eigenvalue weighted by atomic mass is 10.0. The van der Waals surface area contributed by atoms with Crippen molar-refractivity contribution in [3.05, 3.63) is 58.8 Å². The van der Waals surface area contributed by atoms with Crippen LogP contribution in [0.25, 0.3) is 16.7 Å². The lowest BCUT2D eigenvalue weighted by Gasteiger charge is -2.25. The number of carbonyl (C=O) groups is 2. The second-order valence-corrected chi connectivity index (χ2v) is 10.0. The number of carbonyl (C=O) groups excluding carboxylic acids is 2. The summed E-state index contributed by atoms with van der Waals surface area (Å²) in [5.41, 5.74) is 4.68. The molecule has 9 heteroatoms. The minimum atomic E-state index is -0.561. The predicted octanol–water partition coefficient (Wildman–Crippen LogP) is 3.64. The van der Waals surface area contributed by atoms with Crippen molar-refractivity contribution in [3.8, 4) is 0 Å². The van der Waals surface area contributed by atoms with Crippen LogP contribution in [0.3, 0.4) is 0 Å². The number of hydrogen-bond acceptors (Lipinski definition) is 6. The highest BCUT2D eigenvalue weighted by Gasteiger charge is 2.42. The number of benzene rings is 1. The number of rotatable bonds is 7. The maximum atomic E-state index is 13.3. The summed E-state index contributed by atoms with van der Waals surface area (Å²) in [6.45, 7) is 10.0. The van der Waals surface area contributed by atoms with Crippen molar-refractivity contribution in [2.24, 2.45) is 5.92 Å². The van der Waals surface area contributed by atoms with Crippen LogP contribution in [-0.2, 0) is 6.54 Å². The molecule has 1 aliphatic heterocycles. The van der Waals surface area contributed by atoms with Crippen LogP contribution in [0.1, 0.15) is 64.1 Å². The standard InChI is InChI=1S/C26H31N7O2/c1-15(2)13-20(33-25(34)18-9-7-8-10-19(18)26(33)35)22-28-24-21-16(3)17(4)31(12-11-30(5)6)23(21)27-14-32(24)29-22/h7-10,14-15,20H,11-13H2,1-6H3. The smallest absolute Gasteiger partial charge is 0.262 e. The quantitative estimate of drug-likeness (QED) is 0.381. The molecule has 4 heterocycles. The van der Waals surface area contributed by atoms with Crippen LogP contribution in [-0.4, -0.2) is 66.4 Å². The van der Waals surface area contributed by atoms with Gasteiger partial charge in [-0.15, -0.1) is 5.10 Å². The maximum absolute atomic E-state index is 13.3. The first-order valence-corrected chi connectivity index (χ1v) is 12.0. The Labute approximate surface area is 204 Å². The zero-order valence-corrected chi connectivity index (χ0v) is 21.1. The fourth-order valence-corrected chi connectivity index (χ4v) is 4.93. The normalized spacial score (nSPS) is 14.8. The second-order valence-electron chi connectivity index (χ2n) is 10.0. The van der Waals surface area contributed by atoms with E-state index < -0.39 is 6.04 Å². The van der Waals surface area contributed by atoms with Gasteiger partial charge < -0.3 is 9.47 Å². The van der Waals surface area contributed by atoms with Crippen molar-refractivity contribution in [3.63, 3.8) is 0 Å². The Kier molecular flexibility index (Phi) is 5.67. The molecule has 0 aliphatic carbocycles. The Morgan fingerprint density at radius 2 is 1.66 bits per heavy atom. The van der Waals surface area contributed by atoms with E-state index in [0.29, 0.717) is 29.0 Å². The topological polar surface area (TPSA) is 88.6 Å². The van der Waals surface area contributed by atoms with E-state index in [1.54, 1.807) is 35.1 Å². The fourth-order valence-electron chi connectivity index (χ4n) is 4.93. The molecule has 0 saturated carbocycles. The Balaban J connectivity index is 1.63. The van der Waals surface area contributed by atoms with Crippen LogP contribution in [0.15, 0.2) is 30.6 Å². The summed E-state index contributed by atoms with van der Waals surface area (Å²) in [5, 5.41) is 5.68. The molecule has 2 amide bonds. The zero-order chi connectivity index (χ0) is 25.0. The molecule has 0 bridgehead atoms. The summed E-state index contributed by atoms with van der Waals surface area (Å²) >= 11 is 0. The maximum Gasteiger partial charge on any atom is 0.262 e. The van der Waals surface area contributed by atoms with Crippen LogP contribution >= 0.6 is 0 Å². The van der Waals surface area contributed by atoms with Crippen molar-refractivity contribution < 1.29 is 9.59 Å². The van der Waals surface area contributed by atoms with Gasteiger partial charge in [0.05, 0.1) is 16.5 Å². The number of aromatic nitrogens is 5. The first-order chi connectivity index (χ1) is 16.7. The Bertz CT molecular complexity index is 1430. The van der Waals surface area contributed by atoms with E-state index in [-0.39, 0.29) is 17.7 Å². The molecular weight excluding hydrogens is 442 g/mol. The molecule has 3 aromatic heterocycles. The van der Waals surface area contributed by atoms with E-state index in [1.807, 2.05) is 0 Å². The third-order valence-corrected chi connectivity index (χ3v) is 6.86. The lowest BCUT2D eigenvalue weighted by molar-refractivity contribution is 0.0555. The highest BCUT2D eigenvalue weighted by molar-refractivity contribution is 6.21. The molecular formula is C26H31N7O2. The van der Waals surface area contributed by atoms with Crippen LogP contribution < -0.4 is 0 Å². The average molecular weight is 474 g/mol. The van der Waals surface area contributed by atoms with Gasteiger partial charge in [0.15, 0.2) is 11.5 Å². The van der Waals surface area contributed by atoms with E-state index in [2.05, 4.69) is 51.3 Å². The van der Waals surface area contributed by atoms with Crippen LogP contribution in [0.4, 0.5) is 0 Å². The Morgan fingerprint density at radius 1 is 1.00 bits per heavy atom. The van der Waals surface area contributed by atoms with E-state index in [4.69, 9.17) is 15.1 Å². The van der Waals surface area contributed by atoms with Crippen LogP contribution in [0.5, 0.6) is 0 Å². The molecule has 9 nitrogen and oxygen atoms in total. The number of fused-ring (bicyclic) bond motifs is 4. The van der Waals surface area contributed by atoms with E-state index in [9.17, 15) is 9.59 Å². The molecule has 1 aromatic carbocycles. The minimum Gasteiger partial charge on any atom is -0.328 e. The van der Waals surface area contributed by atoms with Gasteiger partial charge in [-0.1, -0.05) is 26.0 Å². The average Bonchev–Trinajstić information content (AvgIpc) is 3.43. The molecule has 182 valence electrons. The number of nitrogens with zero attached hydrogens (tertiary/aromatic N) is 7. The highest BCUT2D eigenvalue weighted by atomic mass is 16.2. The summed E-state index contributed by atoms with van der Waals surface area (Å²) in [6.07, 6.45) is 2.24. The lowest BCUT2D eigenvalue weighted by Crippen LogP contribution is -2.35. The number of imide groups is 1.